The monoisotopic (exact) mass is 504 g/mol. The van der Waals surface area contributed by atoms with E-state index < -0.39 is 0 Å². The number of rotatable bonds is 9. The molecule has 0 saturated carbocycles. The SMILES string of the molecule is CCC(=O)NC(Cc1ccccc1)c1nnc(SCc2cccc(C)c2)n1-c1cc(Cl)ccc1C. The van der Waals surface area contributed by atoms with E-state index in [1.165, 1.54) is 11.1 Å². The van der Waals surface area contributed by atoms with Crippen LogP contribution >= 0.6 is 23.4 Å². The van der Waals surface area contributed by atoms with Crippen LogP contribution in [0.1, 0.15) is 47.5 Å². The fourth-order valence-electron chi connectivity index (χ4n) is 3.95. The van der Waals surface area contributed by atoms with E-state index >= 15 is 0 Å². The molecule has 1 heterocycles. The molecule has 1 N–H and O–H groups in total. The third-order valence-electron chi connectivity index (χ3n) is 5.77. The summed E-state index contributed by atoms with van der Waals surface area (Å²) in [5.74, 6) is 1.41. The molecule has 7 heteroatoms. The second kappa shape index (κ2) is 11.6. The molecule has 0 radical (unpaired) electrons. The molecule has 0 aliphatic heterocycles. The molecule has 0 bridgehead atoms. The number of nitrogens with zero attached hydrogens (tertiary/aromatic N) is 3. The Balaban J connectivity index is 1.78. The zero-order valence-corrected chi connectivity index (χ0v) is 21.7. The maximum Gasteiger partial charge on any atom is 0.220 e. The first-order chi connectivity index (χ1) is 16.9. The predicted molar refractivity (Wildman–Crippen MR) is 143 cm³/mol. The van der Waals surface area contributed by atoms with E-state index in [1.807, 2.05) is 54.8 Å². The highest BCUT2D eigenvalue weighted by atomic mass is 35.5. The van der Waals surface area contributed by atoms with Crippen molar-refractivity contribution in [2.45, 2.75) is 50.6 Å². The van der Waals surface area contributed by atoms with Gasteiger partial charge >= 0.3 is 0 Å². The van der Waals surface area contributed by atoms with Gasteiger partial charge in [0.15, 0.2) is 11.0 Å². The van der Waals surface area contributed by atoms with Gasteiger partial charge in [-0.05, 0) is 49.1 Å². The molecular weight excluding hydrogens is 476 g/mol. The summed E-state index contributed by atoms with van der Waals surface area (Å²) in [7, 11) is 0. The molecule has 1 unspecified atom stereocenters. The third-order valence-corrected chi connectivity index (χ3v) is 7.01. The lowest BCUT2D eigenvalue weighted by molar-refractivity contribution is -0.121. The van der Waals surface area contributed by atoms with Gasteiger partial charge in [-0.25, -0.2) is 0 Å². The van der Waals surface area contributed by atoms with Crippen LogP contribution in [0, 0.1) is 13.8 Å². The fraction of sp³-hybridized carbons (Fsp3) is 0.250. The van der Waals surface area contributed by atoms with Crippen molar-refractivity contribution in [1.82, 2.24) is 20.1 Å². The van der Waals surface area contributed by atoms with E-state index in [0.717, 1.165) is 27.7 Å². The minimum atomic E-state index is -0.343. The van der Waals surface area contributed by atoms with Gasteiger partial charge in [-0.15, -0.1) is 10.2 Å². The molecule has 5 nitrogen and oxygen atoms in total. The van der Waals surface area contributed by atoms with Crippen molar-refractivity contribution in [1.29, 1.82) is 0 Å². The van der Waals surface area contributed by atoms with E-state index in [0.29, 0.717) is 23.7 Å². The standard InChI is InChI=1S/C28H29ClN4OS/c1-4-26(34)30-24(16-21-10-6-5-7-11-21)27-31-32-28(35-18-22-12-8-9-19(2)15-22)33(27)25-17-23(29)14-13-20(25)3/h5-15,17,24H,4,16,18H2,1-3H3,(H,30,34). The Hall–Kier alpha value is -3.09. The molecule has 4 aromatic rings. The van der Waals surface area contributed by atoms with Gasteiger partial charge in [-0.1, -0.05) is 96.5 Å². The van der Waals surface area contributed by atoms with Crippen LogP contribution in [-0.2, 0) is 17.0 Å². The molecule has 0 fully saturated rings. The Labute approximate surface area is 215 Å². The van der Waals surface area contributed by atoms with Crippen molar-refractivity contribution in [2.24, 2.45) is 0 Å². The normalized spacial score (nSPS) is 11.9. The molecular formula is C28H29ClN4OS. The average Bonchev–Trinajstić information content (AvgIpc) is 3.28. The van der Waals surface area contributed by atoms with Crippen LogP contribution in [0.25, 0.3) is 5.69 Å². The molecule has 0 saturated heterocycles. The number of thioether (sulfide) groups is 1. The molecule has 1 atom stereocenters. The number of hydrogen-bond donors (Lipinski definition) is 1. The first-order valence-electron chi connectivity index (χ1n) is 11.7. The summed E-state index contributed by atoms with van der Waals surface area (Å²) in [5, 5.41) is 13.8. The summed E-state index contributed by atoms with van der Waals surface area (Å²) in [6.07, 6.45) is 0.997. The first-order valence-corrected chi connectivity index (χ1v) is 13.0. The Morgan fingerprint density at radius 1 is 1.00 bits per heavy atom. The first kappa shape index (κ1) is 25.0. The summed E-state index contributed by atoms with van der Waals surface area (Å²) in [4.78, 5) is 12.5. The molecule has 3 aromatic carbocycles. The smallest absolute Gasteiger partial charge is 0.220 e. The Morgan fingerprint density at radius 3 is 2.51 bits per heavy atom. The minimum Gasteiger partial charge on any atom is -0.346 e. The molecule has 0 aliphatic rings. The molecule has 4 rings (SSSR count). The van der Waals surface area contributed by atoms with Crippen molar-refractivity contribution in [3.05, 3.63) is 106 Å². The Morgan fingerprint density at radius 2 is 1.77 bits per heavy atom. The zero-order chi connectivity index (χ0) is 24.8. The molecule has 1 aromatic heterocycles. The quantitative estimate of drug-likeness (QED) is 0.259. The van der Waals surface area contributed by atoms with Gasteiger partial charge in [0, 0.05) is 17.2 Å². The average molecular weight is 505 g/mol. The van der Waals surface area contributed by atoms with E-state index in [1.54, 1.807) is 11.8 Å². The zero-order valence-electron chi connectivity index (χ0n) is 20.2. The van der Waals surface area contributed by atoms with Crippen LogP contribution in [0.15, 0.2) is 78.0 Å². The summed E-state index contributed by atoms with van der Waals surface area (Å²) < 4.78 is 2.05. The predicted octanol–water partition coefficient (Wildman–Crippen LogP) is 6.64. The van der Waals surface area contributed by atoms with Crippen LogP contribution in [0.2, 0.25) is 5.02 Å². The van der Waals surface area contributed by atoms with Gasteiger partial charge in [-0.2, -0.15) is 0 Å². The van der Waals surface area contributed by atoms with Crippen LogP contribution < -0.4 is 5.32 Å². The summed E-state index contributed by atoms with van der Waals surface area (Å²) >= 11 is 8.04. The maximum absolute atomic E-state index is 12.5. The fourth-order valence-corrected chi connectivity index (χ4v) is 5.01. The summed E-state index contributed by atoms with van der Waals surface area (Å²) in [6.45, 7) is 5.99. The summed E-state index contributed by atoms with van der Waals surface area (Å²) in [6, 6.07) is 24.0. The Bertz CT molecular complexity index is 1310. The van der Waals surface area contributed by atoms with Crippen LogP contribution in [0.3, 0.4) is 0 Å². The van der Waals surface area contributed by atoms with Crippen molar-refractivity contribution in [3.63, 3.8) is 0 Å². The lowest BCUT2D eigenvalue weighted by Crippen LogP contribution is -2.31. The highest BCUT2D eigenvalue weighted by molar-refractivity contribution is 7.98. The second-order valence-electron chi connectivity index (χ2n) is 8.55. The molecule has 0 spiro atoms. The number of halogens is 1. The van der Waals surface area contributed by atoms with Gasteiger partial charge in [0.1, 0.15) is 0 Å². The highest BCUT2D eigenvalue weighted by Gasteiger charge is 2.25. The van der Waals surface area contributed by atoms with Gasteiger partial charge in [0.25, 0.3) is 0 Å². The van der Waals surface area contributed by atoms with Gasteiger partial charge in [0.2, 0.25) is 5.91 Å². The van der Waals surface area contributed by atoms with Crippen LogP contribution in [-0.4, -0.2) is 20.7 Å². The van der Waals surface area contributed by atoms with E-state index in [-0.39, 0.29) is 11.9 Å². The molecule has 0 aliphatic carbocycles. The Kier molecular flexibility index (Phi) is 8.26. The number of aryl methyl sites for hydroxylation is 2. The van der Waals surface area contributed by atoms with Crippen LogP contribution in [0.4, 0.5) is 0 Å². The minimum absolute atomic E-state index is 0.0303. The lowest BCUT2D eigenvalue weighted by atomic mass is 10.0. The van der Waals surface area contributed by atoms with E-state index in [9.17, 15) is 4.79 Å². The number of hydrogen-bond acceptors (Lipinski definition) is 4. The van der Waals surface area contributed by atoms with E-state index in [2.05, 4.69) is 58.8 Å². The number of carbonyl (C=O) groups excluding carboxylic acids is 1. The highest BCUT2D eigenvalue weighted by Crippen LogP contribution is 2.31. The summed E-state index contributed by atoms with van der Waals surface area (Å²) in [5.41, 5.74) is 5.51. The number of carbonyl (C=O) groups is 1. The van der Waals surface area contributed by atoms with Gasteiger partial charge < -0.3 is 5.32 Å². The number of nitrogens with one attached hydrogen (secondary N) is 1. The largest absolute Gasteiger partial charge is 0.346 e. The number of amides is 1. The van der Waals surface area contributed by atoms with E-state index in [4.69, 9.17) is 11.6 Å². The van der Waals surface area contributed by atoms with Crippen molar-refractivity contribution in [2.75, 3.05) is 0 Å². The topological polar surface area (TPSA) is 59.8 Å². The number of aromatic nitrogens is 3. The molecule has 180 valence electrons. The van der Waals surface area contributed by atoms with Crippen molar-refractivity contribution < 1.29 is 4.79 Å². The van der Waals surface area contributed by atoms with Gasteiger partial charge in [-0.3, -0.25) is 9.36 Å². The van der Waals surface area contributed by atoms with Crippen molar-refractivity contribution in [3.8, 4) is 5.69 Å². The van der Waals surface area contributed by atoms with Crippen molar-refractivity contribution >= 4 is 29.3 Å². The second-order valence-corrected chi connectivity index (χ2v) is 9.93. The van der Waals surface area contributed by atoms with Gasteiger partial charge in [0.05, 0.1) is 11.7 Å². The molecule has 35 heavy (non-hydrogen) atoms. The third kappa shape index (κ3) is 6.32. The maximum atomic E-state index is 12.5. The lowest BCUT2D eigenvalue weighted by Gasteiger charge is -2.21. The van der Waals surface area contributed by atoms with Crippen LogP contribution in [0.5, 0.6) is 0 Å². The number of benzene rings is 3. The molecule has 1 amide bonds.